The lowest BCUT2D eigenvalue weighted by molar-refractivity contribution is -0.128. The van der Waals surface area contributed by atoms with Crippen LogP contribution < -0.4 is 0 Å². The van der Waals surface area contributed by atoms with Gasteiger partial charge in [-0.05, 0) is 26.4 Å². The maximum Gasteiger partial charge on any atom is 0.293 e. The van der Waals surface area contributed by atoms with E-state index >= 15 is 0 Å². The molecule has 0 rings (SSSR count). The Hall–Kier alpha value is -0.570. The van der Waals surface area contributed by atoms with E-state index < -0.39 is 0 Å². The van der Waals surface area contributed by atoms with Gasteiger partial charge in [-0.1, -0.05) is 13.3 Å². The van der Waals surface area contributed by atoms with Gasteiger partial charge in [0.2, 0.25) is 0 Å². The van der Waals surface area contributed by atoms with Crippen molar-refractivity contribution in [3.8, 4) is 0 Å². The summed E-state index contributed by atoms with van der Waals surface area (Å²) in [4.78, 5) is 12.0. The molecule has 0 N–H and O–H groups in total. The summed E-state index contributed by atoms with van der Waals surface area (Å²) in [5, 5.41) is 0. The fraction of sp³-hybridized carbons (Fsp3) is 0.889. The van der Waals surface area contributed by atoms with Gasteiger partial charge in [-0.15, -0.1) is 0 Å². The summed E-state index contributed by atoms with van der Waals surface area (Å²) < 4.78 is 4.58. The first-order valence-corrected chi connectivity index (χ1v) is 4.55. The van der Waals surface area contributed by atoms with Crippen molar-refractivity contribution in [2.24, 2.45) is 0 Å². The number of nitrogens with zero attached hydrogens (tertiary/aromatic N) is 1. The number of hydrogen-bond donors (Lipinski definition) is 0. The monoisotopic (exact) mass is 173 g/mol. The van der Waals surface area contributed by atoms with E-state index in [1.807, 2.05) is 0 Å². The van der Waals surface area contributed by atoms with Crippen LogP contribution in [0.25, 0.3) is 0 Å². The highest BCUT2D eigenvalue weighted by atomic mass is 16.5. The number of rotatable bonds is 8. The Bertz CT molecular complexity index is 107. The minimum absolute atomic E-state index is 0.506. The molecule has 3 nitrogen and oxygen atoms in total. The third-order valence-corrected chi connectivity index (χ3v) is 1.76. The summed E-state index contributed by atoms with van der Waals surface area (Å²) in [6.07, 6.45) is 3.40. The Balaban J connectivity index is 3.07. The van der Waals surface area contributed by atoms with Gasteiger partial charge >= 0.3 is 0 Å². The predicted molar refractivity (Wildman–Crippen MR) is 49.0 cm³/mol. The summed E-state index contributed by atoms with van der Waals surface area (Å²) >= 11 is 0. The largest absolute Gasteiger partial charge is 0.468 e. The summed E-state index contributed by atoms with van der Waals surface area (Å²) in [5.74, 6) is 0. The summed E-state index contributed by atoms with van der Waals surface area (Å²) in [6, 6.07) is 0. The van der Waals surface area contributed by atoms with E-state index in [0.29, 0.717) is 13.1 Å². The molecular formula is C9H19NO2. The van der Waals surface area contributed by atoms with Gasteiger partial charge in [0, 0.05) is 6.54 Å². The second kappa shape index (κ2) is 8.53. The molecule has 0 radical (unpaired) electrons. The van der Waals surface area contributed by atoms with Crippen LogP contribution in [0.4, 0.5) is 0 Å². The average molecular weight is 173 g/mol. The SMILES string of the molecule is CCCCN(C)CCCOC=O. The zero-order chi connectivity index (χ0) is 9.23. The molecule has 0 atom stereocenters. The first-order valence-electron chi connectivity index (χ1n) is 4.55. The molecule has 0 unspecified atom stereocenters. The van der Waals surface area contributed by atoms with Crippen LogP contribution in [-0.2, 0) is 9.53 Å². The maximum atomic E-state index is 9.79. The van der Waals surface area contributed by atoms with Gasteiger partial charge in [0.05, 0.1) is 6.61 Å². The lowest BCUT2D eigenvalue weighted by Gasteiger charge is -2.14. The van der Waals surface area contributed by atoms with Crippen molar-refractivity contribution in [2.45, 2.75) is 26.2 Å². The number of hydrogen-bond acceptors (Lipinski definition) is 3. The normalized spacial score (nSPS) is 10.2. The van der Waals surface area contributed by atoms with Crippen LogP contribution in [-0.4, -0.2) is 38.1 Å². The Morgan fingerprint density at radius 1 is 1.33 bits per heavy atom. The van der Waals surface area contributed by atoms with Crippen LogP contribution in [0, 0.1) is 0 Å². The van der Waals surface area contributed by atoms with Crippen molar-refractivity contribution in [1.29, 1.82) is 0 Å². The number of unbranched alkanes of at least 4 members (excludes halogenated alkanes) is 1. The number of carbonyl (C=O) groups is 1. The standard InChI is InChI=1S/C9H19NO2/c1-3-4-6-10(2)7-5-8-12-9-11/h9H,3-8H2,1-2H3. The van der Waals surface area contributed by atoms with Crippen molar-refractivity contribution in [2.75, 3.05) is 26.7 Å². The molecular weight excluding hydrogens is 154 g/mol. The van der Waals surface area contributed by atoms with E-state index in [2.05, 4.69) is 23.6 Å². The van der Waals surface area contributed by atoms with Crippen LogP contribution in [0.1, 0.15) is 26.2 Å². The van der Waals surface area contributed by atoms with Gasteiger partial charge < -0.3 is 9.64 Å². The molecule has 0 saturated heterocycles. The molecule has 0 aliphatic heterocycles. The Morgan fingerprint density at radius 3 is 2.58 bits per heavy atom. The van der Waals surface area contributed by atoms with E-state index in [1.54, 1.807) is 0 Å². The maximum absolute atomic E-state index is 9.79. The number of carbonyl (C=O) groups excluding carboxylic acids is 1. The van der Waals surface area contributed by atoms with Crippen molar-refractivity contribution in [3.63, 3.8) is 0 Å². The molecule has 0 bridgehead atoms. The molecule has 0 fully saturated rings. The molecule has 0 amide bonds. The second-order valence-electron chi connectivity index (χ2n) is 2.98. The second-order valence-corrected chi connectivity index (χ2v) is 2.98. The zero-order valence-electron chi connectivity index (χ0n) is 8.08. The summed E-state index contributed by atoms with van der Waals surface area (Å²) in [5.41, 5.74) is 0. The smallest absolute Gasteiger partial charge is 0.293 e. The van der Waals surface area contributed by atoms with E-state index in [4.69, 9.17) is 0 Å². The van der Waals surface area contributed by atoms with Gasteiger partial charge in [0.15, 0.2) is 0 Å². The fourth-order valence-electron chi connectivity index (χ4n) is 1.01. The van der Waals surface area contributed by atoms with E-state index in [1.165, 1.54) is 12.8 Å². The van der Waals surface area contributed by atoms with Gasteiger partial charge in [-0.3, -0.25) is 4.79 Å². The molecule has 72 valence electrons. The first-order chi connectivity index (χ1) is 5.81. The molecule has 12 heavy (non-hydrogen) atoms. The van der Waals surface area contributed by atoms with Gasteiger partial charge in [0.1, 0.15) is 0 Å². The fourth-order valence-corrected chi connectivity index (χ4v) is 1.01. The highest BCUT2D eigenvalue weighted by Gasteiger charge is 1.96. The molecule has 0 aromatic heterocycles. The topological polar surface area (TPSA) is 29.5 Å². The highest BCUT2D eigenvalue weighted by Crippen LogP contribution is 1.93. The molecule has 0 aliphatic carbocycles. The van der Waals surface area contributed by atoms with Crippen LogP contribution in [0.3, 0.4) is 0 Å². The third kappa shape index (κ3) is 7.54. The first kappa shape index (κ1) is 11.4. The van der Waals surface area contributed by atoms with E-state index in [9.17, 15) is 4.79 Å². The minimum Gasteiger partial charge on any atom is -0.468 e. The minimum atomic E-state index is 0.506. The molecule has 0 saturated carbocycles. The highest BCUT2D eigenvalue weighted by molar-refractivity contribution is 5.36. The molecule has 0 aliphatic rings. The molecule has 0 spiro atoms. The Kier molecular flexibility index (Phi) is 8.12. The van der Waals surface area contributed by atoms with Gasteiger partial charge in [0.25, 0.3) is 6.47 Å². The zero-order valence-corrected chi connectivity index (χ0v) is 8.08. The quantitative estimate of drug-likeness (QED) is 0.409. The van der Waals surface area contributed by atoms with Crippen molar-refractivity contribution < 1.29 is 9.53 Å². The number of ether oxygens (including phenoxy) is 1. The van der Waals surface area contributed by atoms with Gasteiger partial charge in [-0.25, -0.2) is 0 Å². The van der Waals surface area contributed by atoms with Crippen LogP contribution >= 0.6 is 0 Å². The van der Waals surface area contributed by atoms with E-state index in [0.717, 1.165) is 19.5 Å². The van der Waals surface area contributed by atoms with Crippen LogP contribution in [0.15, 0.2) is 0 Å². The Labute approximate surface area is 74.7 Å². The van der Waals surface area contributed by atoms with Crippen molar-refractivity contribution >= 4 is 6.47 Å². The Morgan fingerprint density at radius 2 is 2.00 bits per heavy atom. The van der Waals surface area contributed by atoms with Gasteiger partial charge in [-0.2, -0.15) is 0 Å². The van der Waals surface area contributed by atoms with Crippen LogP contribution in [0.2, 0.25) is 0 Å². The van der Waals surface area contributed by atoms with E-state index in [-0.39, 0.29) is 0 Å². The molecule has 0 aromatic rings. The molecule has 0 heterocycles. The average Bonchev–Trinajstić information content (AvgIpc) is 2.09. The van der Waals surface area contributed by atoms with Crippen molar-refractivity contribution in [3.05, 3.63) is 0 Å². The molecule has 0 aromatic carbocycles. The summed E-state index contributed by atoms with van der Waals surface area (Å²) in [7, 11) is 2.09. The lowest BCUT2D eigenvalue weighted by atomic mass is 10.3. The van der Waals surface area contributed by atoms with Crippen molar-refractivity contribution in [1.82, 2.24) is 4.90 Å². The van der Waals surface area contributed by atoms with Crippen LogP contribution in [0.5, 0.6) is 0 Å². The third-order valence-electron chi connectivity index (χ3n) is 1.76. The molecule has 3 heteroatoms. The summed E-state index contributed by atoms with van der Waals surface area (Å²) in [6.45, 7) is 5.38. The lowest BCUT2D eigenvalue weighted by Crippen LogP contribution is -2.21. The predicted octanol–water partition coefficient (Wildman–Crippen LogP) is 1.28.